The van der Waals surface area contributed by atoms with Crippen LogP contribution in [0.2, 0.25) is 0 Å². The minimum absolute atomic E-state index is 0.00622. The van der Waals surface area contributed by atoms with Crippen LogP contribution in [0.1, 0.15) is 22.8 Å². The van der Waals surface area contributed by atoms with Gasteiger partial charge in [0, 0.05) is 23.7 Å². The molecule has 1 aromatic heterocycles. The lowest BCUT2D eigenvalue weighted by atomic mass is 10.1. The van der Waals surface area contributed by atoms with Gasteiger partial charge in [0.1, 0.15) is 5.75 Å². The third-order valence-corrected chi connectivity index (χ3v) is 3.77. The Balaban J connectivity index is 1.51. The van der Waals surface area contributed by atoms with Crippen LogP contribution in [0.5, 0.6) is 5.75 Å². The van der Waals surface area contributed by atoms with Crippen molar-refractivity contribution in [2.75, 3.05) is 6.61 Å². The first-order valence-corrected chi connectivity index (χ1v) is 7.96. The number of fused-ring (bicyclic) bond motifs is 1. The number of para-hydroxylation sites is 1. The topological polar surface area (TPSA) is 68.3 Å². The second-order valence-electron chi connectivity index (χ2n) is 5.68. The Labute approximate surface area is 145 Å². The molecular weight excluding hydrogens is 316 g/mol. The number of Topliss-reactive ketones (excluding diaryl/α,β-unsaturated/α-hetero) is 1. The molecule has 3 aromatic rings. The number of rotatable bonds is 6. The first-order chi connectivity index (χ1) is 12.1. The number of hydrogen-bond acceptors (Lipinski definition) is 4. The predicted molar refractivity (Wildman–Crippen MR) is 95.5 cm³/mol. The van der Waals surface area contributed by atoms with Crippen LogP contribution in [0.4, 0.5) is 0 Å². The number of benzene rings is 2. The predicted octanol–water partition coefficient (Wildman–Crippen LogP) is 3.13. The molecule has 3 rings (SSSR count). The number of ketones is 1. The largest absolute Gasteiger partial charge is 0.484 e. The van der Waals surface area contributed by atoms with E-state index in [1.807, 2.05) is 30.3 Å². The summed E-state index contributed by atoms with van der Waals surface area (Å²) in [5.74, 6) is 0.324. The van der Waals surface area contributed by atoms with Gasteiger partial charge >= 0.3 is 0 Å². The Morgan fingerprint density at radius 1 is 1.08 bits per heavy atom. The molecule has 1 amide bonds. The van der Waals surface area contributed by atoms with Gasteiger partial charge in [0.25, 0.3) is 5.91 Å². The zero-order chi connectivity index (χ0) is 17.6. The fourth-order valence-corrected chi connectivity index (χ4v) is 2.40. The molecule has 25 heavy (non-hydrogen) atoms. The van der Waals surface area contributed by atoms with Crippen LogP contribution < -0.4 is 10.1 Å². The molecule has 0 spiro atoms. The molecule has 0 radical (unpaired) electrons. The Kier molecular flexibility index (Phi) is 5.04. The summed E-state index contributed by atoms with van der Waals surface area (Å²) in [5.41, 5.74) is 2.47. The molecule has 0 unspecified atom stereocenters. The molecule has 0 aliphatic carbocycles. The van der Waals surface area contributed by atoms with Gasteiger partial charge in [0.15, 0.2) is 12.4 Å². The smallest absolute Gasteiger partial charge is 0.258 e. The van der Waals surface area contributed by atoms with Crippen molar-refractivity contribution < 1.29 is 14.3 Å². The Bertz CT molecular complexity index is 904. The molecule has 0 saturated carbocycles. The van der Waals surface area contributed by atoms with Gasteiger partial charge in [-0.3, -0.25) is 14.6 Å². The average molecular weight is 334 g/mol. The van der Waals surface area contributed by atoms with Crippen LogP contribution in [0.15, 0.2) is 60.8 Å². The van der Waals surface area contributed by atoms with Crippen LogP contribution in [-0.2, 0) is 11.3 Å². The average Bonchev–Trinajstić information content (AvgIpc) is 2.65. The SMILES string of the molecule is CC(=O)c1ccc(OCC(=O)NCc2cnc3ccccc3c2)cc1. The lowest BCUT2D eigenvalue weighted by molar-refractivity contribution is -0.123. The van der Waals surface area contributed by atoms with E-state index in [2.05, 4.69) is 10.3 Å². The fourth-order valence-electron chi connectivity index (χ4n) is 2.40. The number of carbonyl (C=O) groups excluding carboxylic acids is 2. The van der Waals surface area contributed by atoms with Gasteiger partial charge in [0.2, 0.25) is 0 Å². The molecule has 1 N–H and O–H groups in total. The molecule has 0 fully saturated rings. The van der Waals surface area contributed by atoms with Gasteiger partial charge in [-0.15, -0.1) is 0 Å². The Morgan fingerprint density at radius 3 is 2.60 bits per heavy atom. The van der Waals surface area contributed by atoms with E-state index in [1.54, 1.807) is 30.5 Å². The number of nitrogens with one attached hydrogen (secondary N) is 1. The number of carbonyl (C=O) groups is 2. The van der Waals surface area contributed by atoms with E-state index in [0.29, 0.717) is 17.9 Å². The van der Waals surface area contributed by atoms with Gasteiger partial charge in [-0.2, -0.15) is 0 Å². The van der Waals surface area contributed by atoms with Crippen molar-refractivity contribution in [3.8, 4) is 5.75 Å². The number of hydrogen-bond donors (Lipinski definition) is 1. The minimum Gasteiger partial charge on any atom is -0.484 e. The van der Waals surface area contributed by atoms with Crippen molar-refractivity contribution in [1.82, 2.24) is 10.3 Å². The molecule has 0 atom stereocenters. The summed E-state index contributed by atoms with van der Waals surface area (Å²) in [6, 6.07) is 16.5. The van der Waals surface area contributed by atoms with E-state index in [0.717, 1.165) is 16.5 Å². The normalized spacial score (nSPS) is 10.4. The monoisotopic (exact) mass is 334 g/mol. The zero-order valence-electron chi connectivity index (χ0n) is 13.9. The van der Waals surface area contributed by atoms with Crippen molar-refractivity contribution in [3.63, 3.8) is 0 Å². The van der Waals surface area contributed by atoms with E-state index in [1.165, 1.54) is 6.92 Å². The van der Waals surface area contributed by atoms with Crippen molar-refractivity contribution in [1.29, 1.82) is 0 Å². The van der Waals surface area contributed by atoms with Crippen molar-refractivity contribution >= 4 is 22.6 Å². The lowest BCUT2D eigenvalue weighted by Gasteiger charge is -2.08. The van der Waals surface area contributed by atoms with Crippen molar-refractivity contribution in [3.05, 3.63) is 71.9 Å². The highest BCUT2D eigenvalue weighted by Gasteiger charge is 2.05. The molecule has 0 aliphatic heterocycles. The second-order valence-corrected chi connectivity index (χ2v) is 5.68. The van der Waals surface area contributed by atoms with Crippen LogP contribution in [0.25, 0.3) is 10.9 Å². The summed E-state index contributed by atoms with van der Waals surface area (Å²) < 4.78 is 5.42. The maximum Gasteiger partial charge on any atom is 0.258 e. The molecule has 2 aromatic carbocycles. The number of nitrogens with zero attached hydrogens (tertiary/aromatic N) is 1. The molecular formula is C20H18N2O3. The highest BCUT2D eigenvalue weighted by atomic mass is 16.5. The van der Waals surface area contributed by atoms with Gasteiger partial charge in [0.05, 0.1) is 5.52 Å². The maximum atomic E-state index is 11.9. The minimum atomic E-state index is -0.219. The lowest BCUT2D eigenvalue weighted by Crippen LogP contribution is -2.28. The zero-order valence-corrected chi connectivity index (χ0v) is 13.9. The summed E-state index contributed by atoms with van der Waals surface area (Å²) in [6.45, 7) is 1.81. The van der Waals surface area contributed by atoms with Crippen molar-refractivity contribution in [2.45, 2.75) is 13.5 Å². The number of amides is 1. The number of ether oxygens (including phenoxy) is 1. The van der Waals surface area contributed by atoms with Gasteiger partial charge in [-0.05, 0) is 48.9 Å². The summed E-state index contributed by atoms with van der Waals surface area (Å²) in [5, 5.41) is 3.84. The quantitative estimate of drug-likeness (QED) is 0.703. The highest BCUT2D eigenvalue weighted by Crippen LogP contribution is 2.13. The molecule has 5 nitrogen and oxygen atoms in total. The van der Waals surface area contributed by atoms with Crippen molar-refractivity contribution in [2.24, 2.45) is 0 Å². The maximum absolute atomic E-state index is 11.9. The van der Waals surface area contributed by atoms with E-state index in [9.17, 15) is 9.59 Å². The third kappa shape index (κ3) is 4.41. The van der Waals surface area contributed by atoms with E-state index in [-0.39, 0.29) is 18.3 Å². The van der Waals surface area contributed by atoms with Crippen LogP contribution in [-0.4, -0.2) is 23.3 Å². The van der Waals surface area contributed by atoms with Crippen LogP contribution >= 0.6 is 0 Å². The summed E-state index contributed by atoms with van der Waals surface area (Å²) in [6.07, 6.45) is 1.75. The fraction of sp³-hybridized carbons (Fsp3) is 0.150. The number of pyridine rings is 1. The molecule has 5 heteroatoms. The first kappa shape index (κ1) is 16.6. The summed E-state index contributed by atoms with van der Waals surface area (Å²) in [4.78, 5) is 27.5. The Morgan fingerprint density at radius 2 is 1.84 bits per heavy atom. The molecule has 0 bridgehead atoms. The summed E-state index contributed by atoms with van der Waals surface area (Å²) >= 11 is 0. The third-order valence-electron chi connectivity index (χ3n) is 3.77. The standard InChI is InChI=1S/C20H18N2O3/c1-14(23)16-6-8-18(9-7-16)25-13-20(24)22-12-15-10-17-4-2-3-5-19(17)21-11-15/h2-11H,12-13H2,1H3,(H,22,24). The molecule has 0 saturated heterocycles. The second kappa shape index (κ2) is 7.57. The molecule has 0 aliphatic rings. The summed E-state index contributed by atoms with van der Waals surface area (Å²) in [7, 11) is 0. The molecule has 1 heterocycles. The van der Waals surface area contributed by atoms with Gasteiger partial charge < -0.3 is 10.1 Å². The first-order valence-electron chi connectivity index (χ1n) is 7.96. The van der Waals surface area contributed by atoms with Crippen LogP contribution in [0, 0.1) is 0 Å². The van der Waals surface area contributed by atoms with Gasteiger partial charge in [-0.25, -0.2) is 0 Å². The van der Waals surface area contributed by atoms with E-state index in [4.69, 9.17) is 4.74 Å². The van der Waals surface area contributed by atoms with Crippen LogP contribution in [0.3, 0.4) is 0 Å². The van der Waals surface area contributed by atoms with E-state index < -0.39 is 0 Å². The Hall–Kier alpha value is -3.21. The molecule has 126 valence electrons. The van der Waals surface area contributed by atoms with E-state index >= 15 is 0 Å². The number of aromatic nitrogens is 1. The highest BCUT2D eigenvalue weighted by molar-refractivity contribution is 5.94. The van der Waals surface area contributed by atoms with Gasteiger partial charge in [-0.1, -0.05) is 18.2 Å².